The van der Waals surface area contributed by atoms with E-state index in [4.69, 9.17) is 14.2 Å². The van der Waals surface area contributed by atoms with E-state index in [1.54, 1.807) is 21.3 Å². The number of methoxy groups -OCH3 is 3. The van der Waals surface area contributed by atoms with Crippen LogP contribution in [0.3, 0.4) is 0 Å². The lowest BCUT2D eigenvalue weighted by Crippen LogP contribution is -2.32. The highest BCUT2D eigenvalue weighted by atomic mass is 127. The zero-order valence-electron chi connectivity index (χ0n) is 8.41. The summed E-state index contributed by atoms with van der Waals surface area (Å²) in [4.78, 5) is 0. The van der Waals surface area contributed by atoms with Crippen LogP contribution in [0.1, 0.15) is 5.56 Å². The second kappa shape index (κ2) is 5.06. The predicted molar refractivity (Wildman–Crippen MR) is 61.9 cm³/mol. The van der Waals surface area contributed by atoms with Gasteiger partial charge in [-0.15, -0.1) is 0 Å². The molecular weight excluding hydrogens is 295 g/mol. The number of ether oxygens (including phenoxy) is 3. The Bertz CT molecular complexity index is 289. The summed E-state index contributed by atoms with van der Waals surface area (Å²) < 4.78 is 16.8. The Balaban J connectivity index is 3.10. The molecule has 0 unspecified atom stereocenters. The Kier molecular flexibility index (Phi) is 4.31. The van der Waals surface area contributed by atoms with Gasteiger partial charge in [0.1, 0.15) is 0 Å². The molecule has 0 aliphatic carbocycles. The Morgan fingerprint density at radius 1 is 1.07 bits per heavy atom. The van der Waals surface area contributed by atoms with Crippen molar-refractivity contribution in [1.82, 2.24) is 0 Å². The number of halogens is 1. The molecule has 0 N–H and O–H groups in total. The van der Waals surface area contributed by atoms with Crippen LogP contribution in [0.15, 0.2) is 24.3 Å². The lowest BCUT2D eigenvalue weighted by Gasteiger charge is -2.28. The average molecular weight is 308 g/mol. The fourth-order valence-electron chi connectivity index (χ4n) is 1.28. The molecule has 0 saturated heterocycles. The fourth-order valence-corrected chi connectivity index (χ4v) is 1.83. The van der Waals surface area contributed by atoms with E-state index in [0.29, 0.717) is 0 Å². The van der Waals surface area contributed by atoms with Crippen LogP contribution in [-0.4, -0.2) is 21.3 Å². The molecule has 1 rings (SSSR count). The second-order valence-electron chi connectivity index (χ2n) is 2.68. The Hall–Kier alpha value is -0.170. The van der Waals surface area contributed by atoms with E-state index in [1.807, 2.05) is 24.3 Å². The molecule has 0 amide bonds. The first kappa shape index (κ1) is 11.9. The monoisotopic (exact) mass is 308 g/mol. The quantitative estimate of drug-likeness (QED) is 0.631. The van der Waals surface area contributed by atoms with Crippen LogP contribution in [0.5, 0.6) is 0 Å². The third-order valence-electron chi connectivity index (χ3n) is 1.98. The molecule has 3 nitrogen and oxygen atoms in total. The highest BCUT2D eigenvalue weighted by Crippen LogP contribution is 2.27. The van der Waals surface area contributed by atoms with E-state index in [-0.39, 0.29) is 0 Å². The van der Waals surface area contributed by atoms with E-state index in [0.717, 1.165) is 9.13 Å². The van der Waals surface area contributed by atoms with Gasteiger partial charge < -0.3 is 14.2 Å². The molecule has 0 aliphatic heterocycles. The highest BCUT2D eigenvalue weighted by molar-refractivity contribution is 14.1. The summed E-state index contributed by atoms with van der Waals surface area (Å²) in [6, 6.07) is 7.79. The normalized spacial score (nSPS) is 11.7. The van der Waals surface area contributed by atoms with Gasteiger partial charge in [-0.25, -0.2) is 0 Å². The third-order valence-corrected chi connectivity index (χ3v) is 2.66. The SMILES string of the molecule is COC(OC)(OC)c1cccc(I)c1. The molecule has 0 aromatic heterocycles. The van der Waals surface area contributed by atoms with Gasteiger partial charge in [-0.3, -0.25) is 0 Å². The largest absolute Gasteiger partial charge is 0.327 e. The molecule has 1 aromatic rings. The topological polar surface area (TPSA) is 27.7 Å². The summed E-state index contributed by atoms with van der Waals surface area (Å²) in [5, 5.41) is 0. The van der Waals surface area contributed by atoms with Crippen LogP contribution in [0.2, 0.25) is 0 Å². The summed E-state index contributed by atoms with van der Waals surface area (Å²) in [5.41, 5.74) is 0.844. The van der Waals surface area contributed by atoms with Crippen LogP contribution in [0.4, 0.5) is 0 Å². The Morgan fingerprint density at radius 3 is 2.07 bits per heavy atom. The molecule has 78 valence electrons. The summed E-state index contributed by atoms with van der Waals surface area (Å²) >= 11 is 2.23. The first-order chi connectivity index (χ1) is 6.68. The average Bonchev–Trinajstić information content (AvgIpc) is 2.22. The summed E-state index contributed by atoms with van der Waals surface area (Å²) in [5.74, 6) is -1.10. The molecule has 0 radical (unpaired) electrons. The van der Waals surface area contributed by atoms with E-state index in [1.165, 1.54) is 0 Å². The zero-order chi connectivity index (χ0) is 10.6. The van der Waals surface area contributed by atoms with E-state index in [2.05, 4.69) is 22.6 Å². The van der Waals surface area contributed by atoms with Crippen molar-refractivity contribution in [3.05, 3.63) is 33.4 Å². The standard InChI is InChI=1S/C10H13IO3/c1-12-10(13-2,14-3)8-5-4-6-9(11)7-8/h4-7H,1-3H3. The molecule has 14 heavy (non-hydrogen) atoms. The molecular formula is C10H13IO3. The van der Waals surface area contributed by atoms with E-state index < -0.39 is 5.97 Å². The van der Waals surface area contributed by atoms with Crippen molar-refractivity contribution in [2.45, 2.75) is 5.97 Å². The first-order valence-corrected chi connectivity index (χ1v) is 5.18. The summed E-state index contributed by atoms with van der Waals surface area (Å²) in [6.07, 6.45) is 0. The molecule has 0 heterocycles. The number of hydrogen-bond acceptors (Lipinski definition) is 3. The van der Waals surface area contributed by atoms with E-state index >= 15 is 0 Å². The first-order valence-electron chi connectivity index (χ1n) is 4.10. The highest BCUT2D eigenvalue weighted by Gasteiger charge is 2.32. The lowest BCUT2D eigenvalue weighted by atomic mass is 10.2. The van der Waals surface area contributed by atoms with Crippen molar-refractivity contribution < 1.29 is 14.2 Å². The predicted octanol–water partition coefficient (Wildman–Crippen LogP) is 2.34. The maximum absolute atomic E-state index is 5.23. The van der Waals surface area contributed by atoms with Crippen molar-refractivity contribution in [3.63, 3.8) is 0 Å². The molecule has 0 spiro atoms. The third kappa shape index (κ3) is 2.25. The number of benzene rings is 1. The molecule has 0 atom stereocenters. The van der Waals surface area contributed by atoms with Crippen molar-refractivity contribution in [2.24, 2.45) is 0 Å². The molecule has 0 aliphatic rings. The second-order valence-corrected chi connectivity index (χ2v) is 3.92. The van der Waals surface area contributed by atoms with Crippen molar-refractivity contribution in [3.8, 4) is 0 Å². The van der Waals surface area contributed by atoms with Crippen LogP contribution in [-0.2, 0) is 20.2 Å². The summed E-state index contributed by atoms with van der Waals surface area (Å²) in [7, 11) is 4.65. The van der Waals surface area contributed by atoms with Gasteiger partial charge in [0.05, 0.1) is 0 Å². The van der Waals surface area contributed by atoms with Crippen molar-refractivity contribution >= 4 is 22.6 Å². The summed E-state index contributed by atoms with van der Waals surface area (Å²) in [6.45, 7) is 0. The maximum atomic E-state index is 5.23. The van der Waals surface area contributed by atoms with Gasteiger partial charge in [-0.05, 0) is 34.7 Å². The maximum Gasteiger partial charge on any atom is 0.311 e. The lowest BCUT2D eigenvalue weighted by molar-refractivity contribution is -0.364. The minimum Gasteiger partial charge on any atom is -0.327 e. The van der Waals surface area contributed by atoms with Gasteiger partial charge in [-0.1, -0.05) is 12.1 Å². The van der Waals surface area contributed by atoms with Gasteiger partial charge in [-0.2, -0.15) is 0 Å². The van der Waals surface area contributed by atoms with Gasteiger partial charge >= 0.3 is 5.97 Å². The van der Waals surface area contributed by atoms with Gasteiger partial charge in [0.25, 0.3) is 0 Å². The molecule has 1 aromatic carbocycles. The van der Waals surface area contributed by atoms with Crippen molar-refractivity contribution in [2.75, 3.05) is 21.3 Å². The van der Waals surface area contributed by atoms with Gasteiger partial charge in [0.15, 0.2) is 0 Å². The molecule has 0 saturated carbocycles. The van der Waals surface area contributed by atoms with E-state index in [9.17, 15) is 0 Å². The molecule has 4 heteroatoms. The Morgan fingerprint density at radius 2 is 1.64 bits per heavy atom. The Labute approximate surface area is 97.5 Å². The number of hydrogen-bond donors (Lipinski definition) is 0. The van der Waals surface area contributed by atoms with Crippen LogP contribution >= 0.6 is 22.6 Å². The van der Waals surface area contributed by atoms with Crippen LogP contribution < -0.4 is 0 Å². The zero-order valence-corrected chi connectivity index (χ0v) is 10.6. The number of rotatable bonds is 4. The van der Waals surface area contributed by atoms with Gasteiger partial charge in [0.2, 0.25) is 0 Å². The minimum atomic E-state index is -1.10. The van der Waals surface area contributed by atoms with Gasteiger partial charge in [0, 0.05) is 30.5 Å². The molecule has 0 fully saturated rings. The van der Waals surface area contributed by atoms with Crippen LogP contribution in [0.25, 0.3) is 0 Å². The molecule has 0 bridgehead atoms. The minimum absolute atomic E-state index is 0.844. The fraction of sp³-hybridized carbons (Fsp3) is 0.400. The van der Waals surface area contributed by atoms with Crippen LogP contribution in [0, 0.1) is 3.57 Å². The van der Waals surface area contributed by atoms with Crippen molar-refractivity contribution in [1.29, 1.82) is 0 Å². The smallest absolute Gasteiger partial charge is 0.311 e.